The zero-order valence-corrected chi connectivity index (χ0v) is 25.9. The van der Waals surface area contributed by atoms with E-state index in [0.717, 1.165) is 22.3 Å². The van der Waals surface area contributed by atoms with E-state index in [1.54, 1.807) is 17.5 Å². The molecule has 8 nitrogen and oxygen atoms in total. The normalized spacial score (nSPS) is 11.4. The van der Waals surface area contributed by atoms with Gasteiger partial charge in [-0.25, -0.2) is 4.79 Å². The Morgan fingerprint density at radius 3 is 1.70 bits per heavy atom. The molecule has 234 valence electrons. The molecule has 6 aromatic rings. The van der Waals surface area contributed by atoms with Crippen molar-refractivity contribution in [1.82, 2.24) is 4.73 Å². The van der Waals surface area contributed by atoms with Gasteiger partial charge >= 0.3 is 5.97 Å². The fourth-order valence-electron chi connectivity index (χ4n) is 4.99. The van der Waals surface area contributed by atoms with E-state index in [4.69, 9.17) is 14.4 Å². The van der Waals surface area contributed by atoms with Crippen molar-refractivity contribution in [2.45, 2.75) is 18.8 Å². The van der Waals surface area contributed by atoms with E-state index >= 15 is 0 Å². The number of carboxylic acids is 1. The van der Waals surface area contributed by atoms with Crippen molar-refractivity contribution in [1.29, 1.82) is 0 Å². The summed E-state index contributed by atoms with van der Waals surface area (Å²) in [4.78, 5) is 38.2. The minimum atomic E-state index is -1.23. The molecule has 0 unspecified atom stereocenters. The number of pyridine rings is 1. The van der Waals surface area contributed by atoms with Gasteiger partial charge in [0.15, 0.2) is 18.5 Å². The number of oxime groups is 1. The van der Waals surface area contributed by atoms with Gasteiger partial charge in [-0.15, -0.1) is 11.3 Å². The van der Waals surface area contributed by atoms with E-state index in [2.05, 4.69) is 5.16 Å². The minimum absolute atomic E-state index is 0.0552. The summed E-state index contributed by atoms with van der Waals surface area (Å²) in [5.74, 6) is -1.18. The van der Waals surface area contributed by atoms with Gasteiger partial charge in [0.25, 0.3) is 0 Å². The van der Waals surface area contributed by atoms with Crippen LogP contribution in [0, 0.1) is 0 Å². The zero-order valence-electron chi connectivity index (χ0n) is 25.1. The van der Waals surface area contributed by atoms with Gasteiger partial charge in [0.2, 0.25) is 11.1 Å². The first kappa shape index (κ1) is 31.1. The van der Waals surface area contributed by atoms with Crippen LogP contribution in [-0.4, -0.2) is 21.5 Å². The van der Waals surface area contributed by atoms with Gasteiger partial charge in [-0.3, -0.25) is 4.79 Å². The fraction of sp³-hybridized carbons (Fsp3) is 0.0789. The zero-order chi connectivity index (χ0) is 32.4. The molecule has 0 spiro atoms. The quantitative estimate of drug-likeness (QED) is 0.105. The number of hydrogen-bond acceptors (Lipinski definition) is 7. The SMILES string of the molecule is O=C(O)/C(=N\OCc1cc(=O)c(OC(c2ccccc2)c2ccccc2)cn1OC(c1ccccc1)c1ccccc1)c1cccs1. The number of thiophene rings is 1. The largest absolute Gasteiger partial charge is 0.476 e. The summed E-state index contributed by atoms with van der Waals surface area (Å²) < 4.78 is 7.91. The lowest BCUT2D eigenvalue weighted by Gasteiger charge is -2.25. The molecule has 0 amide bonds. The molecule has 47 heavy (non-hydrogen) atoms. The van der Waals surface area contributed by atoms with Gasteiger partial charge in [-0.1, -0.05) is 133 Å². The topological polar surface area (TPSA) is 99.4 Å². The highest BCUT2D eigenvalue weighted by molar-refractivity contribution is 7.13. The number of ether oxygens (including phenoxy) is 1. The number of rotatable bonds is 13. The smallest absolute Gasteiger partial charge is 0.359 e. The Labute approximate surface area is 275 Å². The standard InChI is InChI=1S/C38H30N2O6S/c41-32-24-31(26-44-39-35(38(42)43)34-22-13-23-47-34)40(46-37(29-18-9-3-10-19-29)30-20-11-4-12-21-30)25-33(32)45-36(27-14-5-1-6-15-27)28-16-7-2-8-17-28/h1-25,36-37H,26H2,(H,42,43)/b39-35-. The molecule has 0 saturated carbocycles. The Balaban J connectivity index is 1.41. The van der Waals surface area contributed by atoms with Crippen LogP contribution in [0.4, 0.5) is 0 Å². The van der Waals surface area contributed by atoms with Gasteiger partial charge in [0.05, 0.1) is 11.1 Å². The van der Waals surface area contributed by atoms with Crippen LogP contribution < -0.4 is 15.0 Å². The Morgan fingerprint density at radius 2 is 1.23 bits per heavy atom. The maximum absolute atomic E-state index is 13.6. The third-order valence-electron chi connectivity index (χ3n) is 7.26. The molecule has 0 saturated heterocycles. The van der Waals surface area contributed by atoms with E-state index in [1.807, 2.05) is 121 Å². The molecule has 0 aliphatic carbocycles. The van der Waals surface area contributed by atoms with Crippen LogP contribution in [0.3, 0.4) is 0 Å². The van der Waals surface area contributed by atoms with Crippen molar-refractivity contribution in [2.75, 3.05) is 0 Å². The summed E-state index contributed by atoms with van der Waals surface area (Å²) in [6, 6.07) is 43.4. The second-order valence-electron chi connectivity index (χ2n) is 10.4. The molecule has 4 aromatic carbocycles. The second-order valence-corrected chi connectivity index (χ2v) is 11.4. The summed E-state index contributed by atoms with van der Waals surface area (Å²) in [5.41, 5.74) is 3.15. The van der Waals surface area contributed by atoms with Crippen LogP contribution in [-0.2, 0) is 16.2 Å². The lowest BCUT2D eigenvalue weighted by Crippen LogP contribution is -2.26. The molecule has 9 heteroatoms. The van der Waals surface area contributed by atoms with Gasteiger partial charge in [-0.05, 0) is 33.7 Å². The van der Waals surface area contributed by atoms with Crippen molar-refractivity contribution in [3.05, 3.63) is 194 Å². The maximum Gasteiger partial charge on any atom is 0.359 e. The number of nitrogens with zero attached hydrogens (tertiary/aromatic N) is 2. The summed E-state index contributed by atoms with van der Waals surface area (Å²) >= 11 is 1.23. The van der Waals surface area contributed by atoms with Crippen molar-refractivity contribution >= 4 is 23.0 Å². The number of hydrogen-bond donors (Lipinski definition) is 1. The van der Waals surface area contributed by atoms with E-state index in [1.165, 1.54) is 28.3 Å². The lowest BCUT2D eigenvalue weighted by atomic mass is 10.0. The average Bonchev–Trinajstić information content (AvgIpc) is 3.65. The number of carboxylic acid groups (broad SMARTS) is 1. The van der Waals surface area contributed by atoms with Crippen LogP contribution in [0.25, 0.3) is 0 Å². The van der Waals surface area contributed by atoms with Crippen molar-refractivity contribution < 1.29 is 24.3 Å². The van der Waals surface area contributed by atoms with Gasteiger partial charge in [0, 0.05) is 6.07 Å². The fourth-order valence-corrected chi connectivity index (χ4v) is 5.69. The number of benzene rings is 4. The van der Waals surface area contributed by atoms with E-state index in [-0.39, 0.29) is 18.1 Å². The molecule has 0 bridgehead atoms. The molecular formula is C38H30N2O6S. The Bertz CT molecular complexity index is 1900. The number of carbonyl (C=O) groups is 1. The molecule has 0 aliphatic rings. The summed E-state index contributed by atoms with van der Waals surface area (Å²) in [6.07, 6.45) is 0.350. The molecule has 2 heterocycles. The molecule has 1 N–H and O–H groups in total. The van der Waals surface area contributed by atoms with E-state index in [0.29, 0.717) is 10.6 Å². The highest BCUT2D eigenvalue weighted by atomic mass is 32.1. The summed E-state index contributed by atoms with van der Waals surface area (Å²) in [6.45, 7) is -0.255. The Morgan fingerprint density at radius 1 is 0.723 bits per heavy atom. The molecule has 0 radical (unpaired) electrons. The van der Waals surface area contributed by atoms with Crippen LogP contribution in [0.2, 0.25) is 0 Å². The predicted octanol–water partition coefficient (Wildman–Crippen LogP) is 7.30. The molecule has 2 aromatic heterocycles. The number of aromatic nitrogens is 1. The molecule has 0 aliphatic heterocycles. The maximum atomic E-state index is 13.6. The molecule has 6 rings (SSSR count). The minimum Gasteiger partial charge on any atom is -0.476 e. The van der Waals surface area contributed by atoms with Crippen LogP contribution in [0.5, 0.6) is 5.75 Å². The average molecular weight is 643 g/mol. The van der Waals surface area contributed by atoms with E-state index in [9.17, 15) is 14.7 Å². The molecule has 0 fully saturated rings. The Kier molecular flexibility index (Phi) is 9.85. The van der Waals surface area contributed by atoms with Gasteiger partial charge in [0.1, 0.15) is 11.8 Å². The van der Waals surface area contributed by atoms with Crippen molar-refractivity contribution in [3.63, 3.8) is 0 Å². The van der Waals surface area contributed by atoms with Gasteiger partial charge in [-0.2, -0.15) is 4.73 Å². The summed E-state index contributed by atoms with van der Waals surface area (Å²) in [7, 11) is 0. The first-order valence-corrected chi connectivity index (χ1v) is 15.7. The first-order valence-electron chi connectivity index (χ1n) is 14.8. The lowest BCUT2D eigenvalue weighted by molar-refractivity contribution is -0.129. The highest BCUT2D eigenvalue weighted by Crippen LogP contribution is 2.29. The van der Waals surface area contributed by atoms with Crippen LogP contribution >= 0.6 is 11.3 Å². The van der Waals surface area contributed by atoms with E-state index < -0.39 is 23.6 Å². The second kappa shape index (κ2) is 14.9. The first-order chi connectivity index (χ1) is 23.1. The third-order valence-corrected chi connectivity index (χ3v) is 8.13. The monoisotopic (exact) mass is 642 g/mol. The molecular weight excluding hydrogens is 612 g/mol. The van der Waals surface area contributed by atoms with Crippen molar-refractivity contribution in [2.24, 2.45) is 5.16 Å². The predicted molar refractivity (Wildman–Crippen MR) is 181 cm³/mol. The Hall–Kier alpha value is -5.93. The van der Waals surface area contributed by atoms with Crippen LogP contribution in [0.1, 0.15) is 45.0 Å². The van der Waals surface area contributed by atoms with Crippen LogP contribution in [0.15, 0.2) is 161 Å². The van der Waals surface area contributed by atoms with Crippen molar-refractivity contribution in [3.8, 4) is 5.75 Å². The molecule has 0 atom stereocenters. The highest BCUT2D eigenvalue weighted by Gasteiger charge is 2.22. The third kappa shape index (κ3) is 7.66. The summed E-state index contributed by atoms with van der Waals surface area (Å²) in [5, 5.41) is 15.4. The van der Waals surface area contributed by atoms with Gasteiger partial charge < -0.3 is 19.5 Å². The number of aliphatic carboxylic acids is 1.